The fourth-order valence-electron chi connectivity index (χ4n) is 2.59. The first kappa shape index (κ1) is 15.6. The van der Waals surface area contributed by atoms with Crippen LogP contribution in [0.4, 0.5) is 0 Å². The van der Waals surface area contributed by atoms with Crippen molar-refractivity contribution in [1.82, 2.24) is 5.01 Å². The average Bonchev–Trinajstić information content (AvgIpc) is 2.65. The first-order valence-corrected chi connectivity index (χ1v) is 7.27. The Bertz CT molecular complexity index is 841. The molecule has 3 rings (SSSR count). The standard InChI is InChI=1S/C18H15N3O3/c1-23-16-8-13-11-20-21(18(22)12-6-4-3-5-7-12)15(10-19)14(13)9-17(16)24-2/h3-9,11,15H,1-2H3/t15-/m0/s1. The number of amides is 1. The summed E-state index contributed by atoms with van der Waals surface area (Å²) in [6, 6.07) is 13.5. The lowest BCUT2D eigenvalue weighted by Gasteiger charge is -2.28. The van der Waals surface area contributed by atoms with E-state index >= 15 is 0 Å². The second-order valence-corrected chi connectivity index (χ2v) is 5.13. The number of hydrogen-bond acceptors (Lipinski definition) is 5. The zero-order valence-corrected chi connectivity index (χ0v) is 13.3. The zero-order chi connectivity index (χ0) is 17.1. The molecule has 0 aromatic heterocycles. The van der Waals surface area contributed by atoms with Gasteiger partial charge in [0.25, 0.3) is 5.91 Å². The summed E-state index contributed by atoms with van der Waals surface area (Å²) < 4.78 is 10.6. The predicted molar refractivity (Wildman–Crippen MR) is 88.1 cm³/mol. The molecule has 1 heterocycles. The normalized spacial score (nSPS) is 15.4. The summed E-state index contributed by atoms with van der Waals surface area (Å²) >= 11 is 0. The fraction of sp³-hybridized carbons (Fsp3) is 0.167. The van der Waals surface area contributed by atoms with Crippen LogP contribution in [0, 0.1) is 11.3 Å². The average molecular weight is 321 g/mol. The van der Waals surface area contributed by atoms with Crippen molar-refractivity contribution in [2.75, 3.05) is 14.2 Å². The van der Waals surface area contributed by atoms with Gasteiger partial charge in [-0.3, -0.25) is 4.79 Å². The smallest absolute Gasteiger partial charge is 0.275 e. The third-order valence-corrected chi connectivity index (χ3v) is 3.80. The molecule has 0 aliphatic carbocycles. The molecule has 0 saturated heterocycles. The zero-order valence-electron chi connectivity index (χ0n) is 13.3. The summed E-state index contributed by atoms with van der Waals surface area (Å²) in [6.45, 7) is 0. The molecule has 0 saturated carbocycles. The molecule has 0 unspecified atom stereocenters. The van der Waals surface area contributed by atoms with Crippen molar-refractivity contribution in [2.45, 2.75) is 6.04 Å². The first-order chi connectivity index (χ1) is 11.7. The van der Waals surface area contributed by atoms with Crippen LogP contribution in [-0.4, -0.2) is 31.4 Å². The minimum absolute atomic E-state index is 0.334. The monoisotopic (exact) mass is 321 g/mol. The van der Waals surface area contributed by atoms with Gasteiger partial charge in [-0.05, 0) is 24.3 Å². The van der Waals surface area contributed by atoms with Gasteiger partial charge in [-0.25, -0.2) is 5.01 Å². The molecular weight excluding hydrogens is 306 g/mol. The van der Waals surface area contributed by atoms with Crippen molar-refractivity contribution in [3.05, 3.63) is 59.2 Å². The summed E-state index contributed by atoms with van der Waals surface area (Å²) in [6.07, 6.45) is 1.55. The largest absolute Gasteiger partial charge is 0.493 e. The number of hydrazone groups is 1. The van der Waals surface area contributed by atoms with Crippen molar-refractivity contribution in [1.29, 1.82) is 5.26 Å². The van der Waals surface area contributed by atoms with E-state index in [9.17, 15) is 10.1 Å². The van der Waals surface area contributed by atoms with Crippen LogP contribution in [-0.2, 0) is 0 Å². The number of nitrogens with zero attached hydrogens (tertiary/aromatic N) is 3. The van der Waals surface area contributed by atoms with Gasteiger partial charge < -0.3 is 9.47 Å². The second-order valence-electron chi connectivity index (χ2n) is 5.13. The van der Waals surface area contributed by atoms with E-state index in [1.54, 1.807) is 42.6 Å². The van der Waals surface area contributed by atoms with Crippen LogP contribution in [0.15, 0.2) is 47.6 Å². The molecule has 6 nitrogen and oxygen atoms in total. The first-order valence-electron chi connectivity index (χ1n) is 7.27. The van der Waals surface area contributed by atoms with Crippen LogP contribution in [0.5, 0.6) is 11.5 Å². The van der Waals surface area contributed by atoms with Gasteiger partial charge in [0.05, 0.1) is 26.5 Å². The highest BCUT2D eigenvalue weighted by Gasteiger charge is 2.31. The minimum Gasteiger partial charge on any atom is -0.493 e. The molecule has 1 amide bonds. The Hall–Kier alpha value is -3.33. The molecule has 0 radical (unpaired) electrons. The number of fused-ring (bicyclic) bond motifs is 1. The lowest BCUT2D eigenvalue weighted by molar-refractivity contribution is 0.0720. The molecule has 6 heteroatoms. The van der Waals surface area contributed by atoms with Crippen molar-refractivity contribution >= 4 is 12.1 Å². The minimum atomic E-state index is -0.836. The Morgan fingerprint density at radius 2 is 1.83 bits per heavy atom. The van der Waals surface area contributed by atoms with Gasteiger partial charge in [-0.2, -0.15) is 10.4 Å². The lowest BCUT2D eigenvalue weighted by atomic mass is 9.98. The fourth-order valence-corrected chi connectivity index (χ4v) is 2.59. The quantitative estimate of drug-likeness (QED) is 0.871. The molecule has 0 bridgehead atoms. The maximum atomic E-state index is 12.7. The Labute approximate surface area is 139 Å². The molecule has 2 aromatic rings. The van der Waals surface area contributed by atoms with Gasteiger partial charge >= 0.3 is 0 Å². The van der Waals surface area contributed by atoms with Crippen molar-refractivity contribution in [3.63, 3.8) is 0 Å². The van der Waals surface area contributed by atoms with E-state index in [2.05, 4.69) is 11.2 Å². The van der Waals surface area contributed by atoms with Crippen LogP contribution in [0.3, 0.4) is 0 Å². The van der Waals surface area contributed by atoms with Gasteiger partial charge in [0, 0.05) is 16.7 Å². The number of ether oxygens (including phenoxy) is 2. The number of carbonyl (C=O) groups excluding carboxylic acids is 1. The van der Waals surface area contributed by atoms with Crippen molar-refractivity contribution in [2.24, 2.45) is 5.10 Å². The summed E-state index contributed by atoms with van der Waals surface area (Å²) in [5.41, 5.74) is 1.84. The molecule has 24 heavy (non-hydrogen) atoms. The van der Waals surface area contributed by atoms with E-state index in [1.807, 2.05) is 6.07 Å². The number of nitriles is 1. The van der Waals surface area contributed by atoms with E-state index in [-0.39, 0.29) is 5.91 Å². The van der Waals surface area contributed by atoms with E-state index < -0.39 is 6.04 Å². The summed E-state index contributed by atoms with van der Waals surface area (Å²) in [4.78, 5) is 12.7. The van der Waals surface area contributed by atoms with Gasteiger partial charge in [0.15, 0.2) is 17.5 Å². The Balaban J connectivity index is 2.04. The Morgan fingerprint density at radius 1 is 1.17 bits per heavy atom. The number of methoxy groups -OCH3 is 2. The number of hydrogen-bond donors (Lipinski definition) is 0. The van der Waals surface area contributed by atoms with E-state index in [1.165, 1.54) is 19.2 Å². The topological polar surface area (TPSA) is 74.9 Å². The van der Waals surface area contributed by atoms with Gasteiger partial charge in [0.2, 0.25) is 0 Å². The molecule has 1 aliphatic rings. The Kier molecular flexibility index (Phi) is 4.17. The highest BCUT2D eigenvalue weighted by atomic mass is 16.5. The van der Waals surface area contributed by atoms with Crippen LogP contribution in [0.25, 0.3) is 0 Å². The van der Waals surface area contributed by atoms with Crippen LogP contribution in [0.2, 0.25) is 0 Å². The molecule has 1 aliphatic heterocycles. The van der Waals surface area contributed by atoms with Gasteiger partial charge in [0.1, 0.15) is 0 Å². The molecule has 0 spiro atoms. The third kappa shape index (κ3) is 2.57. The molecule has 2 aromatic carbocycles. The van der Waals surface area contributed by atoms with Crippen LogP contribution in [0.1, 0.15) is 27.5 Å². The highest BCUT2D eigenvalue weighted by molar-refractivity contribution is 5.97. The van der Waals surface area contributed by atoms with E-state index in [0.717, 1.165) is 5.56 Å². The highest BCUT2D eigenvalue weighted by Crippen LogP contribution is 2.36. The molecular formula is C18H15N3O3. The van der Waals surface area contributed by atoms with Crippen molar-refractivity contribution < 1.29 is 14.3 Å². The van der Waals surface area contributed by atoms with E-state index in [4.69, 9.17) is 9.47 Å². The maximum Gasteiger partial charge on any atom is 0.275 e. The predicted octanol–water partition coefficient (Wildman–Crippen LogP) is 2.76. The van der Waals surface area contributed by atoms with Gasteiger partial charge in [-0.1, -0.05) is 18.2 Å². The number of benzene rings is 2. The van der Waals surface area contributed by atoms with E-state index in [0.29, 0.717) is 22.6 Å². The molecule has 0 fully saturated rings. The molecule has 120 valence electrons. The molecule has 0 N–H and O–H groups in total. The van der Waals surface area contributed by atoms with Gasteiger partial charge in [-0.15, -0.1) is 0 Å². The summed E-state index contributed by atoms with van der Waals surface area (Å²) in [5, 5.41) is 15.0. The third-order valence-electron chi connectivity index (χ3n) is 3.80. The summed E-state index contributed by atoms with van der Waals surface area (Å²) in [7, 11) is 3.06. The number of rotatable bonds is 3. The SMILES string of the molecule is COc1cc2c(cc1OC)[C@H](C#N)N(C(=O)c1ccccc1)N=C2. The van der Waals surface area contributed by atoms with Crippen molar-refractivity contribution in [3.8, 4) is 17.6 Å². The number of carbonyl (C=O) groups is 1. The lowest BCUT2D eigenvalue weighted by Crippen LogP contribution is -2.33. The van der Waals surface area contributed by atoms with Crippen LogP contribution < -0.4 is 9.47 Å². The Morgan fingerprint density at radius 3 is 2.46 bits per heavy atom. The molecule has 1 atom stereocenters. The maximum absolute atomic E-state index is 12.7. The summed E-state index contributed by atoms with van der Waals surface area (Å²) in [5.74, 6) is 0.708. The van der Waals surface area contributed by atoms with Crippen LogP contribution >= 0.6 is 0 Å². The second kappa shape index (κ2) is 6.42.